The van der Waals surface area contributed by atoms with Gasteiger partial charge < -0.3 is 14.8 Å². The molecule has 2 rings (SSSR count). The van der Waals surface area contributed by atoms with Gasteiger partial charge in [-0.25, -0.2) is 0 Å². The van der Waals surface area contributed by atoms with Crippen molar-refractivity contribution in [1.82, 2.24) is 9.97 Å². The zero-order valence-corrected chi connectivity index (χ0v) is 11.2. The molecule has 2 aromatic rings. The van der Waals surface area contributed by atoms with Gasteiger partial charge in [-0.15, -0.1) is 0 Å². The molecule has 0 fully saturated rings. The second-order valence-electron chi connectivity index (χ2n) is 3.68. The highest BCUT2D eigenvalue weighted by molar-refractivity contribution is 9.10. The highest BCUT2D eigenvalue weighted by atomic mass is 79.9. The van der Waals surface area contributed by atoms with E-state index in [1.807, 2.05) is 12.1 Å². The second kappa shape index (κ2) is 5.32. The molecule has 0 saturated heterocycles. The zero-order valence-electron chi connectivity index (χ0n) is 9.61. The lowest BCUT2D eigenvalue weighted by Gasteiger charge is -2.04. The fourth-order valence-electron chi connectivity index (χ4n) is 1.51. The Labute approximate surface area is 112 Å². The van der Waals surface area contributed by atoms with Crippen molar-refractivity contribution >= 4 is 15.9 Å². The standard InChI is InChI=1S/C12H11BrN2O3/c1-18-6-7-2-4-8(5-3-7)10-14-11(16)9(13)12(17)15-10/h2-5H,6H2,1H3,(H2,14,15,16,17). The minimum atomic E-state index is -0.418. The quantitative estimate of drug-likeness (QED) is 0.910. The number of hydrogen-bond donors (Lipinski definition) is 2. The van der Waals surface area contributed by atoms with Crippen LogP contribution in [0.15, 0.2) is 33.5 Å². The van der Waals surface area contributed by atoms with E-state index >= 15 is 0 Å². The number of nitrogens with one attached hydrogen (secondary N) is 1. The Bertz CT molecular complexity index is 608. The van der Waals surface area contributed by atoms with Crippen molar-refractivity contribution in [3.63, 3.8) is 0 Å². The van der Waals surface area contributed by atoms with Crippen molar-refractivity contribution in [1.29, 1.82) is 0 Å². The first-order valence-corrected chi connectivity index (χ1v) is 5.98. The van der Waals surface area contributed by atoms with Gasteiger partial charge in [-0.3, -0.25) is 4.79 Å². The zero-order chi connectivity index (χ0) is 13.1. The molecule has 1 heterocycles. The van der Waals surface area contributed by atoms with E-state index in [-0.39, 0.29) is 10.4 Å². The molecule has 5 nitrogen and oxygen atoms in total. The minimum Gasteiger partial charge on any atom is -0.492 e. The van der Waals surface area contributed by atoms with Crippen LogP contribution in [0.25, 0.3) is 11.4 Å². The number of H-pyrrole nitrogens is 1. The fraction of sp³-hybridized carbons (Fsp3) is 0.167. The lowest BCUT2D eigenvalue weighted by Crippen LogP contribution is -2.09. The molecule has 0 radical (unpaired) electrons. The maximum Gasteiger partial charge on any atom is 0.269 e. The van der Waals surface area contributed by atoms with Crippen molar-refractivity contribution in [2.24, 2.45) is 0 Å². The summed E-state index contributed by atoms with van der Waals surface area (Å²) in [4.78, 5) is 18.0. The summed E-state index contributed by atoms with van der Waals surface area (Å²) < 4.78 is 5.04. The predicted molar refractivity (Wildman–Crippen MR) is 70.4 cm³/mol. The van der Waals surface area contributed by atoms with Gasteiger partial charge in [-0.1, -0.05) is 24.3 Å². The Kier molecular flexibility index (Phi) is 3.78. The summed E-state index contributed by atoms with van der Waals surface area (Å²) in [5.41, 5.74) is 1.32. The van der Waals surface area contributed by atoms with Gasteiger partial charge in [-0.2, -0.15) is 4.98 Å². The first-order valence-electron chi connectivity index (χ1n) is 5.19. The number of aromatic amines is 1. The summed E-state index contributed by atoms with van der Waals surface area (Å²) in [6.45, 7) is 0.524. The van der Waals surface area contributed by atoms with Crippen LogP contribution < -0.4 is 5.56 Å². The monoisotopic (exact) mass is 310 g/mol. The summed E-state index contributed by atoms with van der Waals surface area (Å²) in [6, 6.07) is 7.36. The minimum absolute atomic E-state index is 0.0299. The van der Waals surface area contributed by atoms with Gasteiger partial charge in [0.15, 0.2) is 0 Å². The number of methoxy groups -OCH3 is 1. The van der Waals surface area contributed by atoms with Crippen LogP contribution in [-0.2, 0) is 11.3 Å². The van der Waals surface area contributed by atoms with Gasteiger partial charge in [0.2, 0.25) is 5.88 Å². The second-order valence-corrected chi connectivity index (χ2v) is 4.48. The SMILES string of the molecule is COCc1ccc(-c2nc(O)c(Br)c(=O)[nH]2)cc1. The molecule has 94 valence electrons. The van der Waals surface area contributed by atoms with Crippen LogP contribution >= 0.6 is 15.9 Å². The number of aromatic hydroxyl groups is 1. The van der Waals surface area contributed by atoms with Gasteiger partial charge >= 0.3 is 0 Å². The Morgan fingerprint density at radius 2 is 2.06 bits per heavy atom. The van der Waals surface area contributed by atoms with Crippen molar-refractivity contribution in [3.8, 4) is 17.3 Å². The Balaban J connectivity index is 2.40. The van der Waals surface area contributed by atoms with Crippen molar-refractivity contribution in [3.05, 3.63) is 44.7 Å². The van der Waals surface area contributed by atoms with E-state index < -0.39 is 5.56 Å². The highest BCUT2D eigenvalue weighted by Crippen LogP contribution is 2.21. The fourth-order valence-corrected chi connectivity index (χ4v) is 1.70. The lowest BCUT2D eigenvalue weighted by molar-refractivity contribution is 0.185. The summed E-state index contributed by atoms with van der Waals surface area (Å²) in [6.07, 6.45) is 0. The normalized spacial score (nSPS) is 10.6. The molecule has 0 spiro atoms. The van der Waals surface area contributed by atoms with E-state index in [2.05, 4.69) is 25.9 Å². The van der Waals surface area contributed by atoms with Gasteiger partial charge in [0.25, 0.3) is 5.56 Å². The van der Waals surface area contributed by atoms with Crippen LogP contribution in [0, 0.1) is 0 Å². The molecule has 0 amide bonds. The van der Waals surface area contributed by atoms with Gasteiger partial charge in [0.05, 0.1) is 6.61 Å². The van der Waals surface area contributed by atoms with Crippen LogP contribution in [0.1, 0.15) is 5.56 Å². The van der Waals surface area contributed by atoms with E-state index in [1.54, 1.807) is 19.2 Å². The van der Waals surface area contributed by atoms with E-state index in [1.165, 1.54) is 0 Å². The van der Waals surface area contributed by atoms with Crippen LogP contribution in [-0.4, -0.2) is 22.2 Å². The Morgan fingerprint density at radius 3 is 2.61 bits per heavy atom. The molecule has 6 heteroatoms. The topological polar surface area (TPSA) is 75.2 Å². The maximum atomic E-state index is 11.5. The molecule has 0 aliphatic heterocycles. The molecular weight excluding hydrogens is 300 g/mol. The maximum absolute atomic E-state index is 11.5. The third kappa shape index (κ3) is 2.60. The molecule has 0 atom stereocenters. The van der Waals surface area contributed by atoms with E-state index in [9.17, 15) is 9.90 Å². The third-order valence-corrected chi connectivity index (χ3v) is 3.10. The van der Waals surface area contributed by atoms with E-state index in [0.29, 0.717) is 12.4 Å². The predicted octanol–water partition coefficient (Wildman–Crippen LogP) is 2.05. The largest absolute Gasteiger partial charge is 0.492 e. The molecule has 0 unspecified atom stereocenters. The average molecular weight is 311 g/mol. The molecule has 0 aliphatic rings. The number of aromatic nitrogens is 2. The number of ether oxygens (including phenoxy) is 1. The third-order valence-electron chi connectivity index (χ3n) is 2.38. The molecule has 0 aliphatic carbocycles. The smallest absolute Gasteiger partial charge is 0.269 e. The molecule has 1 aromatic carbocycles. The number of hydrogen-bond acceptors (Lipinski definition) is 4. The van der Waals surface area contributed by atoms with Crippen molar-refractivity contribution in [2.45, 2.75) is 6.61 Å². The summed E-state index contributed by atoms with van der Waals surface area (Å²) in [7, 11) is 1.62. The molecule has 18 heavy (non-hydrogen) atoms. The summed E-state index contributed by atoms with van der Waals surface area (Å²) in [5, 5.41) is 9.48. The highest BCUT2D eigenvalue weighted by Gasteiger charge is 2.08. The van der Waals surface area contributed by atoms with E-state index in [4.69, 9.17) is 4.74 Å². The molecule has 1 aromatic heterocycles. The molecule has 0 saturated carbocycles. The van der Waals surface area contributed by atoms with E-state index in [0.717, 1.165) is 11.1 Å². The van der Waals surface area contributed by atoms with Crippen molar-refractivity contribution < 1.29 is 9.84 Å². The number of nitrogens with zero attached hydrogens (tertiary/aromatic N) is 1. The summed E-state index contributed by atoms with van der Waals surface area (Å²) >= 11 is 2.95. The van der Waals surface area contributed by atoms with Crippen LogP contribution in [0.4, 0.5) is 0 Å². The van der Waals surface area contributed by atoms with Crippen LogP contribution in [0.5, 0.6) is 5.88 Å². The molecule has 0 bridgehead atoms. The lowest BCUT2D eigenvalue weighted by atomic mass is 10.1. The summed E-state index contributed by atoms with van der Waals surface area (Å²) in [5.74, 6) is -0.000570. The molecule has 2 N–H and O–H groups in total. The van der Waals surface area contributed by atoms with Gasteiger partial charge in [0.1, 0.15) is 10.3 Å². The number of halogens is 1. The number of rotatable bonds is 3. The first-order chi connectivity index (χ1) is 8.61. The van der Waals surface area contributed by atoms with Crippen molar-refractivity contribution in [2.75, 3.05) is 7.11 Å². The Morgan fingerprint density at radius 1 is 1.39 bits per heavy atom. The van der Waals surface area contributed by atoms with Gasteiger partial charge in [-0.05, 0) is 21.5 Å². The first kappa shape index (κ1) is 12.8. The van der Waals surface area contributed by atoms with Gasteiger partial charge in [0, 0.05) is 12.7 Å². The molecular formula is C12H11BrN2O3. The van der Waals surface area contributed by atoms with Crippen LogP contribution in [0.3, 0.4) is 0 Å². The van der Waals surface area contributed by atoms with Crippen LogP contribution in [0.2, 0.25) is 0 Å². The number of benzene rings is 1. The Hall–Kier alpha value is -1.66. The average Bonchev–Trinajstić information content (AvgIpc) is 2.37.